The highest BCUT2D eigenvalue weighted by Crippen LogP contribution is 2.33. The van der Waals surface area contributed by atoms with Crippen LogP contribution in [-0.4, -0.2) is 49.3 Å². The number of unbranched alkanes of at least 4 members (excludes halogenated alkanes) is 5. The minimum atomic E-state index is -0.277. The maximum Gasteiger partial charge on any atom is 0.267 e. The Balaban J connectivity index is 1.86. The molecule has 32 heavy (non-hydrogen) atoms. The number of aryl methyl sites for hydroxylation is 1. The van der Waals surface area contributed by atoms with Gasteiger partial charge in [0.1, 0.15) is 15.8 Å². The van der Waals surface area contributed by atoms with Crippen LogP contribution in [-0.2, 0) is 4.79 Å². The van der Waals surface area contributed by atoms with Gasteiger partial charge in [-0.05, 0) is 31.1 Å². The predicted octanol–water partition coefficient (Wildman–Crippen LogP) is 3.97. The summed E-state index contributed by atoms with van der Waals surface area (Å²) in [6, 6.07) is 3.67. The molecule has 0 aliphatic carbocycles. The van der Waals surface area contributed by atoms with Gasteiger partial charge in [-0.15, -0.1) is 0 Å². The van der Waals surface area contributed by atoms with Crippen LogP contribution in [0.4, 0.5) is 5.82 Å². The second kappa shape index (κ2) is 11.6. The highest BCUT2D eigenvalue weighted by atomic mass is 32.2. The number of pyridine rings is 1. The SMILES string of the molecule is CCCCCCCCN1C(=O)C(=Cc2c(NCCO)nc3c(C)cccn3c2=O)SC1=S. The molecule has 0 spiro atoms. The predicted molar refractivity (Wildman–Crippen MR) is 135 cm³/mol. The Morgan fingerprint density at radius 3 is 2.72 bits per heavy atom. The molecule has 1 aliphatic rings. The quantitative estimate of drug-likeness (QED) is 0.289. The molecule has 2 aromatic heterocycles. The molecule has 0 unspecified atom stereocenters. The van der Waals surface area contributed by atoms with Gasteiger partial charge in [0.25, 0.3) is 11.5 Å². The molecule has 1 saturated heterocycles. The van der Waals surface area contributed by atoms with Crippen LogP contribution in [0.1, 0.15) is 56.6 Å². The van der Waals surface area contributed by atoms with E-state index in [1.807, 2.05) is 13.0 Å². The number of aromatic nitrogens is 2. The second-order valence-electron chi connectivity index (χ2n) is 7.82. The van der Waals surface area contributed by atoms with Gasteiger partial charge in [-0.25, -0.2) is 4.98 Å². The number of rotatable bonds is 11. The van der Waals surface area contributed by atoms with E-state index in [0.717, 1.165) is 24.8 Å². The van der Waals surface area contributed by atoms with E-state index < -0.39 is 0 Å². The van der Waals surface area contributed by atoms with E-state index in [4.69, 9.17) is 12.2 Å². The number of amides is 1. The average molecular weight is 475 g/mol. The van der Waals surface area contributed by atoms with Gasteiger partial charge >= 0.3 is 0 Å². The van der Waals surface area contributed by atoms with Gasteiger partial charge < -0.3 is 10.4 Å². The number of nitrogens with one attached hydrogen (secondary N) is 1. The Morgan fingerprint density at radius 1 is 1.22 bits per heavy atom. The number of fused-ring (bicyclic) bond motifs is 1. The summed E-state index contributed by atoms with van der Waals surface area (Å²) in [6.45, 7) is 4.81. The zero-order valence-electron chi connectivity index (χ0n) is 18.6. The smallest absolute Gasteiger partial charge is 0.267 e. The zero-order chi connectivity index (χ0) is 23.1. The molecule has 2 aromatic rings. The lowest BCUT2D eigenvalue weighted by Crippen LogP contribution is -2.29. The van der Waals surface area contributed by atoms with Gasteiger partial charge in [0.05, 0.1) is 17.1 Å². The van der Waals surface area contributed by atoms with Crippen molar-refractivity contribution in [1.82, 2.24) is 14.3 Å². The fourth-order valence-corrected chi connectivity index (χ4v) is 4.92. The maximum absolute atomic E-state index is 13.2. The molecule has 1 fully saturated rings. The summed E-state index contributed by atoms with van der Waals surface area (Å²) in [5.41, 5.74) is 1.39. The molecule has 3 heterocycles. The number of aliphatic hydroxyl groups excluding tert-OH is 1. The lowest BCUT2D eigenvalue weighted by atomic mass is 10.1. The molecule has 1 aliphatic heterocycles. The second-order valence-corrected chi connectivity index (χ2v) is 9.49. The van der Waals surface area contributed by atoms with Crippen molar-refractivity contribution in [3.05, 3.63) is 44.7 Å². The molecule has 0 atom stereocenters. The molecule has 0 radical (unpaired) electrons. The molecular formula is C23H30N4O3S2. The first-order valence-corrected chi connectivity index (χ1v) is 12.3. The van der Waals surface area contributed by atoms with Crippen molar-refractivity contribution in [1.29, 1.82) is 0 Å². The number of hydrogen-bond acceptors (Lipinski definition) is 7. The van der Waals surface area contributed by atoms with Crippen LogP contribution in [0.15, 0.2) is 28.0 Å². The van der Waals surface area contributed by atoms with Gasteiger partial charge in [0.15, 0.2) is 0 Å². The molecule has 2 N–H and O–H groups in total. The first-order valence-electron chi connectivity index (χ1n) is 11.1. The summed E-state index contributed by atoms with van der Waals surface area (Å²) in [4.78, 5) is 32.9. The Morgan fingerprint density at radius 2 is 1.97 bits per heavy atom. The van der Waals surface area contributed by atoms with Gasteiger partial charge in [0.2, 0.25) is 0 Å². The third-order valence-corrected chi connectivity index (χ3v) is 6.75. The van der Waals surface area contributed by atoms with Crippen molar-refractivity contribution in [2.45, 2.75) is 52.4 Å². The van der Waals surface area contributed by atoms with E-state index in [9.17, 15) is 14.7 Å². The van der Waals surface area contributed by atoms with Crippen molar-refractivity contribution >= 4 is 51.7 Å². The summed E-state index contributed by atoms with van der Waals surface area (Å²) >= 11 is 6.65. The van der Waals surface area contributed by atoms with Crippen LogP contribution in [0, 0.1) is 6.92 Å². The summed E-state index contributed by atoms with van der Waals surface area (Å²) in [5, 5.41) is 12.2. The molecule has 3 rings (SSSR count). The van der Waals surface area contributed by atoms with Crippen molar-refractivity contribution < 1.29 is 9.90 Å². The van der Waals surface area contributed by atoms with Gasteiger partial charge in [0, 0.05) is 19.3 Å². The third kappa shape index (κ3) is 5.57. The number of hydrogen-bond donors (Lipinski definition) is 2. The van der Waals surface area contributed by atoms with Gasteiger partial charge in [-0.3, -0.25) is 18.9 Å². The average Bonchev–Trinajstić information content (AvgIpc) is 3.04. The van der Waals surface area contributed by atoms with E-state index in [1.54, 1.807) is 23.2 Å². The monoisotopic (exact) mass is 474 g/mol. The van der Waals surface area contributed by atoms with Crippen LogP contribution < -0.4 is 10.9 Å². The van der Waals surface area contributed by atoms with Crippen molar-refractivity contribution in [3.63, 3.8) is 0 Å². The minimum Gasteiger partial charge on any atom is -0.395 e. The molecule has 0 saturated carbocycles. The fraction of sp³-hybridized carbons (Fsp3) is 0.478. The first-order chi connectivity index (χ1) is 15.5. The standard InChI is InChI=1S/C23H30N4O3S2/c1-3-4-5-6-7-8-12-27-22(30)18(32-23(27)31)15-17-19(24-11-14-28)25-20-16(2)10-9-13-26(20)21(17)29/h9-10,13,15,24,28H,3-8,11-12,14H2,1-2H3. The normalized spacial score (nSPS) is 15.3. The summed E-state index contributed by atoms with van der Waals surface area (Å²) in [5.74, 6) is 0.176. The highest BCUT2D eigenvalue weighted by Gasteiger charge is 2.32. The van der Waals surface area contributed by atoms with Crippen molar-refractivity contribution in [3.8, 4) is 0 Å². The molecule has 1 amide bonds. The van der Waals surface area contributed by atoms with Crippen LogP contribution >= 0.6 is 24.0 Å². The van der Waals surface area contributed by atoms with Crippen LogP contribution in [0.25, 0.3) is 11.7 Å². The number of carbonyl (C=O) groups is 1. The Bertz CT molecular complexity index is 1080. The minimum absolute atomic E-state index is 0.103. The number of carbonyl (C=O) groups excluding carboxylic acids is 1. The number of nitrogens with zero attached hydrogens (tertiary/aromatic N) is 3. The molecule has 9 heteroatoms. The fourth-order valence-electron chi connectivity index (χ4n) is 3.62. The third-order valence-electron chi connectivity index (χ3n) is 5.37. The molecule has 0 bridgehead atoms. The number of thiocarbonyl (C=S) groups is 1. The number of aliphatic hydroxyl groups is 1. The largest absolute Gasteiger partial charge is 0.395 e. The van der Waals surface area contributed by atoms with E-state index in [1.165, 1.54) is 35.4 Å². The summed E-state index contributed by atoms with van der Waals surface area (Å²) in [7, 11) is 0. The van der Waals surface area contributed by atoms with Crippen LogP contribution in [0.2, 0.25) is 0 Å². The van der Waals surface area contributed by atoms with Crippen molar-refractivity contribution in [2.75, 3.05) is 25.0 Å². The zero-order valence-corrected chi connectivity index (χ0v) is 20.2. The van der Waals surface area contributed by atoms with E-state index in [2.05, 4.69) is 17.2 Å². The lowest BCUT2D eigenvalue weighted by molar-refractivity contribution is -0.122. The van der Waals surface area contributed by atoms with Crippen molar-refractivity contribution in [2.24, 2.45) is 0 Å². The van der Waals surface area contributed by atoms with E-state index in [-0.39, 0.29) is 30.2 Å². The Labute approximate surface area is 197 Å². The maximum atomic E-state index is 13.2. The van der Waals surface area contributed by atoms with Crippen LogP contribution in [0.5, 0.6) is 0 Å². The highest BCUT2D eigenvalue weighted by molar-refractivity contribution is 8.26. The Hall–Kier alpha value is -2.23. The van der Waals surface area contributed by atoms with Crippen LogP contribution in [0.3, 0.4) is 0 Å². The topological polar surface area (TPSA) is 86.9 Å². The molecular weight excluding hydrogens is 444 g/mol. The molecule has 7 nitrogen and oxygen atoms in total. The summed E-state index contributed by atoms with van der Waals surface area (Å²) < 4.78 is 1.99. The van der Waals surface area contributed by atoms with E-state index >= 15 is 0 Å². The van der Waals surface area contributed by atoms with E-state index in [0.29, 0.717) is 27.2 Å². The van der Waals surface area contributed by atoms with Gasteiger partial charge in [-0.1, -0.05) is 69.1 Å². The Kier molecular flexibility index (Phi) is 8.84. The van der Waals surface area contributed by atoms with Gasteiger partial charge in [-0.2, -0.15) is 0 Å². The lowest BCUT2D eigenvalue weighted by Gasteiger charge is -2.14. The molecule has 172 valence electrons. The molecule has 0 aromatic carbocycles. The number of anilines is 1. The number of thioether (sulfide) groups is 1. The summed E-state index contributed by atoms with van der Waals surface area (Å²) in [6.07, 6.45) is 10.0. The first kappa shape index (κ1) is 24.4.